The average molecular weight is 450 g/mol. The van der Waals surface area contributed by atoms with E-state index in [2.05, 4.69) is 80.9 Å². The minimum atomic E-state index is 0.0957. The fraction of sp³-hybridized carbons (Fsp3) is 0.500. The number of carbonyl (C=O) groups excluding carboxylic acids is 1. The van der Waals surface area contributed by atoms with E-state index in [0.717, 1.165) is 54.8 Å². The lowest BCUT2D eigenvalue weighted by molar-refractivity contribution is -0.125. The quantitative estimate of drug-likeness (QED) is 0.343. The second-order valence-corrected chi connectivity index (χ2v) is 9.12. The van der Waals surface area contributed by atoms with Crippen molar-refractivity contribution < 1.29 is 9.53 Å². The van der Waals surface area contributed by atoms with Crippen LogP contribution < -0.4 is 10.1 Å². The van der Waals surface area contributed by atoms with Crippen molar-refractivity contribution in [3.8, 4) is 5.75 Å². The summed E-state index contributed by atoms with van der Waals surface area (Å²) in [6.07, 6.45) is 3.36. The first kappa shape index (κ1) is 24.8. The van der Waals surface area contributed by atoms with Crippen LogP contribution in [0.5, 0.6) is 5.75 Å². The van der Waals surface area contributed by atoms with Crippen LogP contribution in [0.2, 0.25) is 0 Å². The highest BCUT2D eigenvalue weighted by Gasteiger charge is 2.15. The van der Waals surface area contributed by atoms with Crippen molar-refractivity contribution in [2.24, 2.45) is 5.92 Å². The smallest absolute Gasteiger partial charge is 0.223 e. The summed E-state index contributed by atoms with van der Waals surface area (Å²) >= 11 is 0. The number of para-hydroxylation sites is 2. The molecule has 0 radical (unpaired) electrons. The van der Waals surface area contributed by atoms with Crippen molar-refractivity contribution in [1.29, 1.82) is 0 Å². The number of nitrogens with zero attached hydrogens (tertiary/aromatic N) is 2. The standard InChI is InChI=1S/C28H39N3O2/c1-6-22(7-2)28(32)29-16-15-27-30-24-11-8-9-12-25(24)31(27)17-10-18-33-26-19-21(5)13-14-23(26)20(3)4/h8-9,11-14,19-20,22H,6-7,10,15-18H2,1-5H3,(H,29,32). The number of fused-ring (bicyclic) bond motifs is 1. The third-order valence-corrected chi connectivity index (χ3v) is 6.31. The van der Waals surface area contributed by atoms with E-state index in [1.807, 2.05) is 6.07 Å². The maximum Gasteiger partial charge on any atom is 0.223 e. The van der Waals surface area contributed by atoms with E-state index >= 15 is 0 Å². The summed E-state index contributed by atoms with van der Waals surface area (Å²) in [4.78, 5) is 17.2. The molecule has 0 bridgehead atoms. The lowest BCUT2D eigenvalue weighted by Crippen LogP contribution is -2.32. The van der Waals surface area contributed by atoms with Gasteiger partial charge in [0, 0.05) is 25.4 Å². The number of rotatable bonds is 12. The number of ether oxygens (including phenoxy) is 1. The van der Waals surface area contributed by atoms with E-state index in [-0.39, 0.29) is 11.8 Å². The third-order valence-electron chi connectivity index (χ3n) is 6.31. The molecule has 3 aromatic rings. The summed E-state index contributed by atoms with van der Waals surface area (Å²) in [5, 5.41) is 3.10. The molecule has 0 spiro atoms. The Bertz CT molecular complexity index is 1050. The summed E-state index contributed by atoms with van der Waals surface area (Å²) in [5.41, 5.74) is 4.60. The van der Waals surface area contributed by atoms with Crippen molar-refractivity contribution in [2.45, 2.75) is 72.8 Å². The SMILES string of the molecule is CCC(CC)C(=O)NCCc1nc2ccccc2n1CCCOc1cc(C)ccc1C(C)C. The van der Waals surface area contributed by atoms with Gasteiger partial charge >= 0.3 is 0 Å². The Balaban J connectivity index is 1.64. The Labute approximate surface area is 198 Å². The fourth-order valence-corrected chi connectivity index (χ4v) is 4.32. The summed E-state index contributed by atoms with van der Waals surface area (Å²) in [7, 11) is 0. The number of aromatic nitrogens is 2. The molecule has 1 heterocycles. The van der Waals surface area contributed by atoms with Gasteiger partial charge in [-0.05, 0) is 61.4 Å². The molecule has 5 heteroatoms. The maximum atomic E-state index is 12.3. The largest absolute Gasteiger partial charge is 0.493 e. The molecule has 0 atom stereocenters. The van der Waals surface area contributed by atoms with E-state index < -0.39 is 0 Å². The monoisotopic (exact) mass is 449 g/mol. The number of nitrogens with one attached hydrogen (secondary N) is 1. The van der Waals surface area contributed by atoms with Crippen molar-refractivity contribution in [3.63, 3.8) is 0 Å². The van der Waals surface area contributed by atoms with Gasteiger partial charge in [0.1, 0.15) is 11.6 Å². The molecule has 0 unspecified atom stereocenters. The van der Waals surface area contributed by atoms with Gasteiger partial charge < -0.3 is 14.6 Å². The average Bonchev–Trinajstić information content (AvgIpc) is 3.14. The molecule has 0 saturated carbocycles. The molecule has 33 heavy (non-hydrogen) atoms. The fourth-order valence-electron chi connectivity index (χ4n) is 4.32. The molecule has 178 valence electrons. The van der Waals surface area contributed by atoms with Crippen LogP contribution in [0.1, 0.15) is 69.8 Å². The molecule has 3 rings (SSSR count). The second-order valence-electron chi connectivity index (χ2n) is 9.12. The van der Waals surface area contributed by atoms with Gasteiger partial charge in [0.15, 0.2) is 0 Å². The highest BCUT2D eigenvalue weighted by atomic mass is 16.5. The lowest BCUT2D eigenvalue weighted by Gasteiger charge is -2.16. The molecule has 0 fully saturated rings. The second kappa shape index (κ2) is 11.9. The van der Waals surface area contributed by atoms with Crippen molar-refractivity contribution in [3.05, 3.63) is 59.4 Å². The molecule has 1 amide bonds. The highest BCUT2D eigenvalue weighted by molar-refractivity contribution is 5.78. The van der Waals surface area contributed by atoms with Gasteiger partial charge in [-0.15, -0.1) is 0 Å². The van der Waals surface area contributed by atoms with Gasteiger partial charge in [0.25, 0.3) is 0 Å². The van der Waals surface area contributed by atoms with Gasteiger partial charge in [0.05, 0.1) is 17.6 Å². The van der Waals surface area contributed by atoms with Crippen LogP contribution in [0.3, 0.4) is 0 Å². The predicted octanol–water partition coefficient (Wildman–Crippen LogP) is 6.03. The Kier molecular flexibility index (Phi) is 8.93. The Morgan fingerprint density at radius 1 is 1.12 bits per heavy atom. The van der Waals surface area contributed by atoms with Crippen LogP contribution in [-0.4, -0.2) is 28.6 Å². The van der Waals surface area contributed by atoms with Crippen LogP contribution in [0.25, 0.3) is 11.0 Å². The zero-order chi connectivity index (χ0) is 23.8. The molecular weight excluding hydrogens is 410 g/mol. The van der Waals surface area contributed by atoms with Crippen LogP contribution in [0, 0.1) is 12.8 Å². The van der Waals surface area contributed by atoms with E-state index in [0.29, 0.717) is 19.1 Å². The number of aryl methyl sites for hydroxylation is 2. The number of hydrogen-bond acceptors (Lipinski definition) is 3. The van der Waals surface area contributed by atoms with Crippen LogP contribution >= 0.6 is 0 Å². The van der Waals surface area contributed by atoms with Crippen molar-refractivity contribution in [2.75, 3.05) is 13.2 Å². The number of benzene rings is 2. The van der Waals surface area contributed by atoms with E-state index in [1.54, 1.807) is 0 Å². The minimum Gasteiger partial charge on any atom is -0.493 e. The first-order valence-electron chi connectivity index (χ1n) is 12.4. The molecule has 0 saturated heterocycles. The summed E-state index contributed by atoms with van der Waals surface area (Å²) in [5.74, 6) is 2.68. The molecule has 0 aliphatic heterocycles. The topological polar surface area (TPSA) is 56.2 Å². The number of hydrogen-bond donors (Lipinski definition) is 1. The maximum absolute atomic E-state index is 12.3. The van der Waals surface area contributed by atoms with E-state index in [1.165, 1.54) is 11.1 Å². The van der Waals surface area contributed by atoms with Gasteiger partial charge in [0.2, 0.25) is 5.91 Å². The zero-order valence-electron chi connectivity index (χ0n) is 20.9. The van der Waals surface area contributed by atoms with Gasteiger partial charge in [-0.2, -0.15) is 0 Å². The van der Waals surface area contributed by atoms with E-state index in [4.69, 9.17) is 9.72 Å². The van der Waals surface area contributed by atoms with E-state index in [9.17, 15) is 4.79 Å². The number of carbonyl (C=O) groups is 1. The lowest BCUT2D eigenvalue weighted by atomic mass is 10.0. The Hall–Kier alpha value is -2.82. The molecule has 0 aliphatic carbocycles. The normalized spacial score (nSPS) is 11.5. The molecule has 0 aliphatic rings. The zero-order valence-corrected chi connectivity index (χ0v) is 20.9. The molecule has 1 N–H and O–H groups in total. The first-order chi connectivity index (χ1) is 15.9. The van der Waals surface area contributed by atoms with Crippen LogP contribution in [0.4, 0.5) is 0 Å². The van der Waals surface area contributed by atoms with Crippen LogP contribution in [0.15, 0.2) is 42.5 Å². The number of imidazole rings is 1. The van der Waals surface area contributed by atoms with Gasteiger partial charge in [-0.1, -0.05) is 52.0 Å². The minimum absolute atomic E-state index is 0.0957. The summed E-state index contributed by atoms with van der Waals surface area (Å²) in [6.45, 7) is 12.7. The number of amides is 1. The summed E-state index contributed by atoms with van der Waals surface area (Å²) < 4.78 is 8.48. The molecule has 2 aromatic carbocycles. The molecular formula is C28H39N3O2. The van der Waals surface area contributed by atoms with Gasteiger partial charge in [-0.3, -0.25) is 4.79 Å². The Morgan fingerprint density at radius 2 is 1.88 bits per heavy atom. The van der Waals surface area contributed by atoms with Gasteiger partial charge in [-0.25, -0.2) is 4.98 Å². The summed E-state index contributed by atoms with van der Waals surface area (Å²) in [6, 6.07) is 14.7. The van der Waals surface area contributed by atoms with Crippen molar-refractivity contribution >= 4 is 16.9 Å². The molecule has 1 aromatic heterocycles. The van der Waals surface area contributed by atoms with Crippen molar-refractivity contribution in [1.82, 2.24) is 14.9 Å². The molecule has 5 nitrogen and oxygen atoms in total. The first-order valence-corrected chi connectivity index (χ1v) is 12.4. The highest BCUT2D eigenvalue weighted by Crippen LogP contribution is 2.27. The predicted molar refractivity (Wildman–Crippen MR) is 136 cm³/mol. The van der Waals surface area contributed by atoms with Crippen LogP contribution in [-0.2, 0) is 17.8 Å². The Morgan fingerprint density at radius 3 is 2.61 bits per heavy atom. The third kappa shape index (κ3) is 6.37.